The summed E-state index contributed by atoms with van der Waals surface area (Å²) >= 11 is 13.7. The average molecular weight is 428 g/mol. The fraction of sp³-hybridized carbons (Fsp3) is 0.167. The molecule has 0 spiro atoms. The van der Waals surface area contributed by atoms with Gasteiger partial charge in [-0.05, 0) is 58.8 Å². The summed E-state index contributed by atoms with van der Waals surface area (Å²) in [5.41, 5.74) is 2.41. The van der Waals surface area contributed by atoms with Crippen LogP contribution in [0.5, 0.6) is 0 Å². The van der Waals surface area contributed by atoms with Crippen LogP contribution in [-0.4, -0.2) is 0 Å². The van der Waals surface area contributed by atoms with E-state index in [-0.39, 0.29) is 4.83 Å². The SMILES string of the molecule is Cc1cc(C(Br)c2ccc(I)cc2)sc1Cl. The highest BCUT2D eigenvalue weighted by Crippen LogP contribution is 2.38. The van der Waals surface area contributed by atoms with E-state index in [1.807, 2.05) is 6.92 Å². The van der Waals surface area contributed by atoms with E-state index >= 15 is 0 Å². The normalized spacial score (nSPS) is 12.8. The quantitative estimate of drug-likeness (QED) is 0.420. The predicted octanol–water partition coefficient (Wildman–Crippen LogP) is 5.80. The van der Waals surface area contributed by atoms with Crippen molar-refractivity contribution in [2.75, 3.05) is 0 Å². The van der Waals surface area contributed by atoms with Crippen molar-refractivity contribution in [3.63, 3.8) is 0 Å². The lowest BCUT2D eigenvalue weighted by atomic mass is 10.1. The van der Waals surface area contributed by atoms with Crippen molar-refractivity contribution in [3.8, 4) is 0 Å². The number of benzene rings is 1. The van der Waals surface area contributed by atoms with E-state index in [2.05, 4.69) is 68.9 Å². The minimum absolute atomic E-state index is 0.237. The number of thiophene rings is 1. The first-order valence-corrected chi connectivity index (χ1v) is 7.92. The number of alkyl halides is 1. The smallest absolute Gasteiger partial charge is 0.0960 e. The molecule has 0 bridgehead atoms. The van der Waals surface area contributed by atoms with Gasteiger partial charge in [0.25, 0.3) is 0 Å². The summed E-state index contributed by atoms with van der Waals surface area (Å²) in [7, 11) is 0. The highest BCUT2D eigenvalue weighted by atomic mass is 127. The first kappa shape index (κ1) is 12.9. The molecule has 1 atom stereocenters. The molecule has 1 unspecified atom stereocenters. The van der Waals surface area contributed by atoms with Crippen LogP contribution in [0.3, 0.4) is 0 Å². The fourth-order valence-electron chi connectivity index (χ4n) is 1.40. The van der Waals surface area contributed by atoms with Crippen molar-refractivity contribution in [2.24, 2.45) is 0 Å². The summed E-state index contributed by atoms with van der Waals surface area (Å²) in [5.74, 6) is 0. The second-order valence-electron chi connectivity index (χ2n) is 3.52. The monoisotopic (exact) mass is 426 g/mol. The summed E-state index contributed by atoms with van der Waals surface area (Å²) in [6.45, 7) is 2.04. The molecule has 1 aromatic carbocycles. The Balaban J connectivity index is 2.31. The van der Waals surface area contributed by atoms with Gasteiger partial charge in [-0.1, -0.05) is 39.7 Å². The van der Waals surface area contributed by atoms with Crippen LogP contribution >= 0.6 is 61.5 Å². The van der Waals surface area contributed by atoms with E-state index in [0.29, 0.717) is 0 Å². The maximum absolute atomic E-state index is 6.08. The molecule has 0 N–H and O–H groups in total. The summed E-state index contributed by atoms with van der Waals surface area (Å²) < 4.78 is 2.13. The number of aryl methyl sites for hydroxylation is 1. The fourth-order valence-corrected chi connectivity index (χ4v) is 3.71. The molecule has 0 amide bonds. The molecule has 16 heavy (non-hydrogen) atoms. The Morgan fingerprint density at radius 1 is 1.31 bits per heavy atom. The summed E-state index contributed by atoms with van der Waals surface area (Å²) in [5, 5.41) is 0. The van der Waals surface area contributed by atoms with Crippen LogP contribution < -0.4 is 0 Å². The second-order valence-corrected chi connectivity index (χ2v) is 7.37. The van der Waals surface area contributed by atoms with Crippen LogP contribution in [0, 0.1) is 10.5 Å². The Bertz CT molecular complexity index is 473. The van der Waals surface area contributed by atoms with Crippen LogP contribution in [-0.2, 0) is 0 Å². The van der Waals surface area contributed by atoms with E-state index in [4.69, 9.17) is 11.6 Å². The van der Waals surface area contributed by atoms with Gasteiger partial charge in [-0.2, -0.15) is 0 Å². The molecule has 0 nitrogen and oxygen atoms in total. The molecule has 1 aromatic heterocycles. The largest absolute Gasteiger partial charge is 0.127 e. The van der Waals surface area contributed by atoms with Crippen LogP contribution in [0.25, 0.3) is 0 Å². The molecule has 0 saturated heterocycles. The molecule has 0 aliphatic rings. The second kappa shape index (κ2) is 5.38. The third kappa shape index (κ3) is 2.81. The van der Waals surface area contributed by atoms with E-state index in [0.717, 1.165) is 9.90 Å². The van der Waals surface area contributed by atoms with Gasteiger partial charge in [-0.15, -0.1) is 11.3 Å². The highest BCUT2D eigenvalue weighted by molar-refractivity contribution is 14.1. The van der Waals surface area contributed by atoms with Gasteiger partial charge >= 0.3 is 0 Å². The lowest BCUT2D eigenvalue weighted by molar-refractivity contribution is 1.22. The van der Waals surface area contributed by atoms with Gasteiger partial charge in [0.05, 0.1) is 9.16 Å². The first-order chi connectivity index (χ1) is 7.58. The van der Waals surface area contributed by atoms with E-state index in [1.165, 1.54) is 14.0 Å². The van der Waals surface area contributed by atoms with Gasteiger partial charge in [0.15, 0.2) is 0 Å². The van der Waals surface area contributed by atoms with Gasteiger partial charge in [-0.3, -0.25) is 0 Å². The summed E-state index contributed by atoms with van der Waals surface area (Å²) in [6, 6.07) is 10.7. The van der Waals surface area contributed by atoms with Gasteiger partial charge in [0.1, 0.15) is 0 Å². The van der Waals surface area contributed by atoms with Crippen LogP contribution in [0.1, 0.15) is 20.8 Å². The Labute approximate surface area is 126 Å². The van der Waals surface area contributed by atoms with Crippen LogP contribution in [0.4, 0.5) is 0 Å². The first-order valence-electron chi connectivity index (χ1n) is 4.73. The van der Waals surface area contributed by atoms with E-state index in [9.17, 15) is 0 Å². The van der Waals surface area contributed by atoms with Gasteiger partial charge < -0.3 is 0 Å². The van der Waals surface area contributed by atoms with Gasteiger partial charge in [0, 0.05) is 8.45 Å². The Hall–Kier alpha value is 0.420. The van der Waals surface area contributed by atoms with Crippen molar-refractivity contribution in [3.05, 3.63) is 54.2 Å². The van der Waals surface area contributed by atoms with Crippen LogP contribution in [0.15, 0.2) is 30.3 Å². The highest BCUT2D eigenvalue weighted by Gasteiger charge is 2.14. The molecule has 84 valence electrons. The van der Waals surface area contributed by atoms with E-state index in [1.54, 1.807) is 11.3 Å². The number of halogens is 3. The standard InChI is InChI=1S/C12H9BrClIS/c1-7-6-10(16-12(7)14)11(13)8-2-4-9(15)5-3-8/h2-6,11H,1H3. The molecule has 0 aliphatic heterocycles. The molecule has 2 aromatic rings. The lowest BCUT2D eigenvalue weighted by Gasteiger charge is -2.07. The molecular weight excluding hydrogens is 418 g/mol. The van der Waals surface area contributed by atoms with Crippen molar-refractivity contribution < 1.29 is 0 Å². The molecule has 4 heteroatoms. The van der Waals surface area contributed by atoms with Crippen molar-refractivity contribution in [1.82, 2.24) is 0 Å². The van der Waals surface area contributed by atoms with E-state index < -0.39 is 0 Å². The average Bonchev–Trinajstić information content (AvgIpc) is 2.59. The zero-order valence-electron chi connectivity index (χ0n) is 8.51. The maximum Gasteiger partial charge on any atom is 0.0960 e. The minimum Gasteiger partial charge on any atom is -0.127 e. The number of hydrogen-bond acceptors (Lipinski definition) is 1. The molecule has 2 rings (SSSR count). The van der Waals surface area contributed by atoms with Crippen molar-refractivity contribution in [1.29, 1.82) is 0 Å². The molecule has 0 saturated carbocycles. The van der Waals surface area contributed by atoms with Crippen molar-refractivity contribution in [2.45, 2.75) is 11.8 Å². The minimum atomic E-state index is 0.237. The predicted molar refractivity (Wildman–Crippen MR) is 84.0 cm³/mol. The third-order valence-corrected chi connectivity index (χ3v) is 5.95. The topological polar surface area (TPSA) is 0 Å². The van der Waals surface area contributed by atoms with Crippen LogP contribution in [0.2, 0.25) is 4.34 Å². The van der Waals surface area contributed by atoms with Gasteiger partial charge in [0.2, 0.25) is 0 Å². The Kier molecular flexibility index (Phi) is 4.32. The number of rotatable bonds is 2. The molecule has 0 fully saturated rings. The summed E-state index contributed by atoms with van der Waals surface area (Å²) in [6.07, 6.45) is 0. The number of hydrogen-bond donors (Lipinski definition) is 0. The molecule has 0 radical (unpaired) electrons. The zero-order valence-corrected chi connectivity index (χ0v) is 13.8. The molecule has 1 heterocycles. The summed E-state index contributed by atoms with van der Waals surface area (Å²) in [4.78, 5) is 1.49. The molecule has 0 aliphatic carbocycles. The zero-order chi connectivity index (χ0) is 11.7. The Morgan fingerprint density at radius 3 is 2.44 bits per heavy atom. The Morgan fingerprint density at radius 2 is 1.94 bits per heavy atom. The third-order valence-electron chi connectivity index (χ3n) is 2.29. The lowest BCUT2D eigenvalue weighted by Crippen LogP contribution is -1.89. The molecular formula is C12H9BrClIS. The maximum atomic E-state index is 6.08. The van der Waals surface area contributed by atoms with Crippen molar-refractivity contribution >= 4 is 61.5 Å². The van der Waals surface area contributed by atoms with Gasteiger partial charge in [-0.25, -0.2) is 0 Å².